The number of ether oxygens (including phenoxy) is 1. The van der Waals surface area contributed by atoms with Gasteiger partial charge >= 0.3 is 0 Å². The molecule has 1 aromatic carbocycles. The van der Waals surface area contributed by atoms with Crippen LogP contribution in [0.15, 0.2) is 30.5 Å². The van der Waals surface area contributed by atoms with Crippen LogP contribution in [0.25, 0.3) is 0 Å². The Labute approximate surface area is 149 Å². The quantitative estimate of drug-likeness (QED) is 0.855. The van der Waals surface area contributed by atoms with Crippen LogP contribution in [0.5, 0.6) is 5.75 Å². The maximum atomic E-state index is 13.3. The zero-order chi connectivity index (χ0) is 18.0. The first-order chi connectivity index (χ1) is 12.0. The number of carbonyl (C=O) groups excluding carboxylic acids is 1. The molecule has 1 amide bonds. The number of methoxy groups -OCH3 is 1. The lowest BCUT2D eigenvalue weighted by Gasteiger charge is -2.39. The SMILES string of the molecule is COc1ccccc1C1CCC(C)CN1C(=O)c1cnc(C)nc1C. The Morgan fingerprint density at radius 2 is 2.00 bits per heavy atom. The first kappa shape index (κ1) is 17.4. The van der Waals surface area contributed by atoms with Crippen molar-refractivity contribution in [1.82, 2.24) is 14.9 Å². The van der Waals surface area contributed by atoms with Crippen molar-refractivity contribution in [1.29, 1.82) is 0 Å². The number of para-hydroxylation sites is 1. The molecule has 5 heteroatoms. The molecule has 5 nitrogen and oxygen atoms in total. The largest absolute Gasteiger partial charge is 0.496 e. The average molecular weight is 339 g/mol. The zero-order valence-corrected chi connectivity index (χ0v) is 15.3. The van der Waals surface area contributed by atoms with E-state index < -0.39 is 0 Å². The molecule has 1 saturated heterocycles. The van der Waals surface area contributed by atoms with E-state index in [0.29, 0.717) is 17.3 Å². The summed E-state index contributed by atoms with van der Waals surface area (Å²) in [5.74, 6) is 1.99. The fourth-order valence-electron chi connectivity index (χ4n) is 3.59. The number of piperidine rings is 1. The van der Waals surface area contributed by atoms with Crippen molar-refractivity contribution >= 4 is 5.91 Å². The van der Waals surface area contributed by atoms with Gasteiger partial charge in [-0.2, -0.15) is 0 Å². The van der Waals surface area contributed by atoms with E-state index in [4.69, 9.17) is 4.74 Å². The molecule has 2 unspecified atom stereocenters. The number of rotatable bonds is 3. The average Bonchev–Trinajstić information content (AvgIpc) is 2.61. The summed E-state index contributed by atoms with van der Waals surface area (Å²) in [4.78, 5) is 23.8. The van der Waals surface area contributed by atoms with Gasteiger partial charge in [0.25, 0.3) is 5.91 Å². The van der Waals surface area contributed by atoms with Crippen LogP contribution in [-0.4, -0.2) is 34.4 Å². The first-order valence-corrected chi connectivity index (χ1v) is 8.75. The minimum absolute atomic E-state index is 0.0000406. The third-order valence-electron chi connectivity index (χ3n) is 4.91. The van der Waals surface area contributed by atoms with Crippen LogP contribution in [0.3, 0.4) is 0 Å². The van der Waals surface area contributed by atoms with Gasteiger partial charge in [-0.15, -0.1) is 0 Å². The summed E-state index contributed by atoms with van der Waals surface area (Å²) in [5, 5.41) is 0. The minimum Gasteiger partial charge on any atom is -0.496 e. The van der Waals surface area contributed by atoms with Gasteiger partial charge in [-0.3, -0.25) is 4.79 Å². The fourth-order valence-corrected chi connectivity index (χ4v) is 3.59. The van der Waals surface area contributed by atoms with Crippen molar-refractivity contribution in [3.05, 3.63) is 53.1 Å². The van der Waals surface area contributed by atoms with E-state index in [1.807, 2.05) is 36.9 Å². The van der Waals surface area contributed by atoms with E-state index in [-0.39, 0.29) is 11.9 Å². The van der Waals surface area contributed by atoms with Gasteiger partial charge in [0.15, 0.2) is 0 Å². The summed E-state index contributed by atoms with van der Waals surface area (Å²) in [6.45, 7) is 6.63. The molecule has 0 saturated carbocycles. The number of carbonyl (C=O) groups is 1. The molecule has 2 aromatic rings. The predicted molar refractivity (Wildman–Crippen MR) is 96.7 cm³/mol. The minimum atomic E-state index is -0.0000406. The Hall–Kier alpha value is -2.43. The van der Waals surface area contributed by atoms with Crippen LogP contribution < -0.4 is 4.74 Å². The second kappa shape index (κ2) is 7.21. The predicted octanol–water partition coefficient (Wildman–Crippen LogP) is 3.72. The van der Waals surface area contributed by atoms with Crippen molar-refractivity contribution in [2.75, 3.05) is 13.7 Å². The van der Waals surface area contributed by atoms with E-state index in [0.717, 1.165) is 36.4 Å². The maximum absolute atomic E-state index is 13.3. The molecule has 1 fully saturated rings. The third kappa shape index (κ3) is 3.50. The van der Waals surface area contributed by atoms with Crippen molar-refractivity contribution in [2.45, 2.75) is 39.7 Å². The standard InChI is InChI=1S/C20H25N3O2/c1-13-9-10-18(16-7-5-6-8-19(16)25-4)23(12-13)20(24)17-11-21-15(3)22-14(17)2/h5-8,11,13,18H,9-10,12H2,1-4H3. The van der Waals surface area contributed by atoms with Crippen molar-refractivity contribution in [2.24, 2.45) is 5.92 Å². The topological polar surface area (TPSA) is 55.3 Å². The van der Waals surface area contributed by atoms with E-state index in [2.05, 4.69) is 23.0 Å². The van der Waals surface area contributed by atoms with Crippen molar-refractivity contribution in [3.8, 4) is 5.75 Å². The number of benzene rings is 1. The van der Waals surface area contributed by atoms with Gasteiger partial charge in [0, 0.05) is 18.3 Å². The van der Waals surface area contributed by atoms with E-state index >= 15 is 0 Å². The number of aromatic nitrogens is 2. The van der Waals surface area contributed by atoms with Crippen molar-refractivity contribution < 1.29 is 9.53 Å². The summed E-state index contributed by atoms with van der Waals surface area (Å²) >= 11 is 0. The monoisotopic (exact) mass is 339 g/mol. The molecule has 0 radical (unpaired) electrons. The highest BCUT2D eigenvalue weighted by atomic mass is 16.5. The van der Waals surface area contributed by atoms with Gasteiger partial charge in [-0.05, 0) is 38.7 Å². The number of hydrogen-bond acceptors (Lipinski definition) is 4. The maximum Gasteiger partial charge on any atom is 0.257 e. The molecule has 2 heterocycles. The number of hydrogen-bond donors (Lipinski definition) is 0. The number of nitrogens with zero attached hydrogens (tertiary/aromatic N) is 3. The summed E-state index contributed by atoms with van der Waals surface area (Å²) in [6, 6.07) is 7.98. The van der Waals surface area contributed by atoms with Gasteiger partial charge in [0.1, 0.15) is 11.6 Å². The molecule has 0 bridgehead atoms. The molecule has 0 spiro atoms. The molecule has 1 aromatic heterocycles. The van der Waals surface area contributed by atoms with Gasteiger partial charge < -0.3 is 9.64 Å². The summed E-state index contributed by atoms with van der Waals surface area (Å²) < 4.78 is 5.54. The van der Waals surface area contributed by atoms with Gasteiger partial charge in [0.2, 0.25) is 0 Å². The second-order valence-electron chi connectivity index (χ2n) is 6.81. The van der Waals surface area contributed by atoms with Crippen LogP contribution in [0.2, 0.25) is 0 Å². The summed E-state index contributed by atoms with van der Waals surface area (Å²) in [7, 11) is 1.68. The Morgan fingerprint density at radius 3 is 2.72 bits per heavy atom. The first-order valence-electron chi connectivity index (χ1n) is 8.75. The fraction of sp³-hybridized carbons (Fsp3) is 0.450. The van der Waals surface area contributed by atoms with Crippen LogP contribution in [0, 0.1) is 19.8 Å². The molecule has 0 N–H and O–H groups in total. The second-order valence-corrected chi connectivity index (χ2v) is 6.81. The van der Waals surface area contributed by atoms with Crippen LogP contribution >= 0.6 is 0 Å². The van der Waals surface area contributed by atoms with E-state index in [1.165, 1.54) is 0 Å². The highest BCUT2D eigenvalue weighted by Crippen LogP contribution is 2.38. The smallest absolute Gasteiger partial charge is 0.257 e. The molecule has 25 heavy (non-hydrogen) atoms. The summed E-state index contributed by atoms with van der Waals surface area (Å²) in [5.41, 5.74) is 2.38. The van der Waals surface area contributed by atoms with Crippen LogP contribution in [0.1, 0.15) is 53.2 Å². The third-order valence-corrected chi connectivity index (χ3v) is 4.91. The lowest BCUT2D eigenvalue weighted by Crippen LogP contribution is -2.42. The van der Waals surface area contributed by atoms with Gasteiger partial charge in [-0.25, -0.2) is 9.97 Å². The van der Waals surface area contributed by atoms with Crippen LogP contribution in [0.4, 0.5) is 0 Å². The number of likely N-dealkylation sites (tertiary alicyclic amines) is 1. The number of aryl methyl sites for hydroxylation is 2. The Balaban J connectivity index is 1.99. The molecular weight excluding hydrogens is 314 g/mol. The normalized spacial score (nSPS) is 20.4. The van der Waals surface area contributed by atoms with Gasteiger partial charge in [0.05, 0.1) is 24.4 Å². The summed E-state index contributed by atoms with van der Waals surface area (Å²) in [6.07, 6.45) is 3.67. The van der Waals surface area contributed by atoms with Crippen molar-refractivity contribution in [3.63, 3.8) is 0 Å². The zero-order valence-electron chi connectivity index (χ0n) is 15.3. The molecular formula is C20H25N3O2. The highest BCUT2D eigenvalue weighted by molar-refractivity contribution is 5.95. The molecule has 132 valence electrons. The van der Waals surface area contributed by atoms with E-state index in [9.17, 15) is 4.79 Å². The highest BCUT2D eigenvalue weighted by Gasteiger charge is 2.33. The Kier molecular flexibility index (Phi) is 5.02. The lowest BCUT2D eigenvalue weighted by molar-refractivity contribution is 0.0539. The molecule has 1 aliphatic rings. The lowest BCUT2D eigenvalue weighted by atomic mass is 9.89. The molecule has 1 aliphatic heterocycles. The van der Waals surface area contributed by atoms with Gasteiger partial charge in [-0.1, -0.05) is 25.1 Å². The molecule has 2 atom stereocenters. The molecule has 0 aliphatic carbocycles. The molecule has 3 rings (SSSR count). The Bertz CT molecular complexity index is 775. The van der Waals surface area contributed by atoms with E-state index in [1.54, 1.807) is 13.3 Å². The number of amides is 1. The Morgan fingerprint density at radius 1 is 1.24 bits per heavy atom. The van der Waals surface area contributed by atoms with Crippen LogP contribution in [-0.2, 0) is 0 Å².